The summed E-state index contributed by atoms with van der Waals surface area (Å²) in [5.41, 5.74) is 2.80. The van der Waals surface area contributed by atoms with Crippen molar-refractivity contribution in [1.82, 2.24) is 9.88 Å². The monoisotopic (exact) mass is 364 g/mol. The van der Waals surface area contributed by atoms with E-state index < -0.39 is 0 Å². The Kier molecular flexibility index (Phi) is 4.71. The molecule has 2 heterocycles. The molecule has 4 nitrogen and oxygen atoms in total. The third-order valence-corrected chi connectivity index (χ3v) is 5.61. The van der Waals surface area contributed by atoms with Crippen LogP contribution >= 0.6 is 11.3 Å². The van der Waals surface area contributed by atoms with E-state index in [1.807, 2.05) is 40.6 Å². The molecule has 1 atom stereocenters. The standard InChI is InChI=1S/C21H20N2O2S/c24-17-10-8-16(9-11-17)19-7-4-12-23(19)21(25)18-14-26-20(22-18)13-15-5-2-1-3-6-15/h1-3,5-6,8-11,14,19,24H,4,7,12-13H2. The van der Waals surface area contributed by atoms with Crippen LogP contribution in [0.4, 0.5) is 0 Å². The molecule has 1 unspecified atom stereocenters. The predicted molar refractivity (Wildman–Crippen MR) is 102 cm³/mol. The van der Waals surface area contributed by atoms with E-state index in [1.165, 1.54) is 16.9 Å². The van der Waals surface area contributed by atoms with Crippen LogP contribution in [0.1, 0.15) is 45.5 Å². The number of carbonyl (C=O) groups excluding carboxylic acids is 1. The highest BCUT2D eigenvalue weighted by Gasteiger charge is 2.31. The van der Waals surface area contributed by atoms with E-state index in [-0.39, 0.29) is 17.7 Å². The molecule has 132 valence electrons. The van der Waals surface area contributed by atoms with Gasteiger partial charge in [-0.05, 0) is 36.1 Å². The fraction of sp³-hybridized carbons (Fsp3) is 0.238. The first-order chi connectivity index (χ1) is 12.7. The summed E-state index contributed by atoms with van der Waals surface area (Å²) in [6.45, 7) is 0.746. The quantitative estimate of drug-likeness (QED) is 0.746. The highest BCUT2D eigenvalue weighted by atomic mass is 32.1. The highest BCUT2D eigenvalue weighted by Crippen LogP contribution is 2.34. The van der Waals surface area contributed by atoms with Crippen LogP contribution in [0.5, 0.6) is 5.75 Å². The Morgan fingerprint density at radius 1 is 1.15 bits per heavy atom. The smallest absolute Gasteiger partial charge is 0.273 e. The molecule has 2 aromatic carbocycles. The van der Waals surface area contributed by atoms with Crippen molar-refractivity contribution in [3.63, 3.8) is 0 Å². The number of amides is 1. The van der Waals surface area contributed by atoms with Crippen molar-refractivity contribution in [2.75, 3.05) is 6.54 Å². The average molecular weight is 364 g/mol. The fourth-order valence-corrected chi connectivity index (χ4v) is 4.26. The van der Waals surface area contributed by atoms with Gasteiger partial charge in [0.25, 0.3) is 5.91 Å². The molecule has 0 saturated carbocycles. The van der Waals surface area contributed by atoms with E-state index in [1.54, 1.807) is 12.1 Å². The van der Waals surface area contributed by atoms with Gasteiger partial charge in [0.15, 0.2) is 0 Å². The lowest BCUT2D eigenvalue weighted by atomic mass is 10.0. The molecule has 5 heteroatoms. The van der Waals surface area contributed by atoms with Crippen molar-refractivity contribution in [3.8, 4) is 5.75 Å². The topological polar surface area (TPSA) is 53.4 Å². The summed E-state index contributed by atoms with van der Waals surface area (Å²) in [6, 6.07) is 17.4. The van der Waals surface area contributed by atoms with Crippen molar-refractivity contribution in [3.05, 3.63) is 81.8 Å². The maximum Gasteiger partial charge on any atom is 0.273 e. The van der Waals surface area contributed by atoms with Crippen LogP contribution in [-0.4, -0.2) is 27.4 Å². The second kappa shape index (κ2) is 7.30. The minimum absolute atomic E-state index is 0.00358. The first-order valence-electron chi connectivity index (χ1n) is 8.79. The van der Waals surface area contributed by atoms with Gasteiger partial charge in [0.2, 0.25) is 0 Å². The zero-order chi connectivity index (χ0) is 17.9. The predicted octanol–water partition coefficient (Wildman–Crippen LogP) is 4.42. The van der Waals surface area contributed by atoms with Gasteiger partial charge in [-0.1, -0.05) is 42.5 Å². The molecule has 1 amide bonds. The van der Waals surface area contributed by atoms with Gasteiger partial charge >= 0.3 is 0 Å². The molecule has 0 bridgehead atoms. The number of hydrogen-bond donors (Lipinski definition) is 1. The van der Waals surface area contributed by atoms with E-state index in [0.29, 0.717) is 5.69 Å². The molecule has 0 radical (unpaired) electrons. The second-order valence-corrected chi connectivity index (χ2v) is 7.48. The maximum absolute atomic E-state index is 13.0. The summed E-state index contributed by atoms with van der Waals surface area (Å²) < 4.78 is 0. The van der Waals surface area contributed by atoms with Crippen LogP contribution in [0.2, 0.25) is 0 Å². The van der Waals surface area contributed by atoms with E-state index >= 15 is 0 Å². The fourth-order valence-electron chi connectivity index (χ4n) is 3.46. The van der Waals surface area contributed by atoms with Gasteiger partial charge in [-0.25, -0.2) is 4.98 Å². The Balaban J connectivity index is 1.51. The SMILES string of the molecule is O=C(c1csc(Cc2ccccc2)n1)N1CCCC1c1ccc(O)cc1. The van der Waals surface area contributed by atoms with E-state index in [4.69, 9.17) is 0 Å². The van der Waals surface area contributed by atoms with Crippen LogP contribution in [0.3, 0.4) is 0 Å². The van der Waals surface area contributed by atoms with Crippen molar-refractivity contribution >= 4 is 17.2 Å². The van der Waals surface area contributed by atoms with Crippen molar-refractivity contribution in [1.29, 1.82) is 0 Å². The molecule has 0 spiro atoms. The van der Waals surface area contributed by atoms with Crippen molar-refractivity contribution in [2.24, 2.45) is 0 Å². The molecular formula is C21H20N2O2S. The molecule has 1 aromatic heterocycles. The number of hydrogen-bond acceptors (Lipinski definition) is 4. The zero-order valence-electron chi connectivity index (χ0n) is 14.3. The third-order valence-electron chi connectivity index (χ3n) is 4.76. The average Bonchev–Trinajstić information content (AvgIpc) is 3.32. The van der Waals surface area contributed by atoms with E-state index in [9.17, 15) is 9.90 Å². The Morgan fingerprint density at radius 2 is 1.92 bits per heavy atom. The van der Waals surface area contributed by atoms with Crippen LogP contribution in [0, 0.1) is 0 Å². The van der Waals surface area contributed by atoms with Gasteiger partial charge in [-0.2, -0.15) is 0 Å². The van der Waals surface area contributed by atoms with Gasteiger partial charge in [0.1, 0.15) is 11.4 Å². The molecular weight excluding hydrogens is 344 g/mol. The first-order valence-corrected chi connectivity index (χ1v) is 9.67. The van der Waals surface area contributed by atoms with E-state index in [2.05, 4.69) is 17.1 Å². The minimum atomic E-state index is -0.00358. The van der Waals surface area contributed by atoms with Gasteiger partial charge in [-0.15, -0.1) is 11.3 Å². The molecule has 1 fully saturated rings. The molecule has 1 aliphatic rings. The number of phenols is 1. The number of rotatable bonds is 4. The Labute approximate surface area is 156 Å². The summed E-state index contributed by atoms with van der Waals surface area (Å²) in [5, 5.41) is 12.3. The second-order valence-electron chi connectivity index (χ2n) is 6.54. The van der Waals surface area contributed by atoms with Crippen LogP contribution in [-0.2, 0) is 6.42 Å². The normalized spacial score (nSPS) is 16.8. The van der Waals surface area contributed by atoms with Crippen LogP contribution in [0.15, 0.2) is 60.0 Å². The molecule has 1 aliphatic heterocycles. The van der Waals surface area contributed by atoms with Crippen molar-refractivity contribution in [2.45, 2.75) is 25.3 Å². The molecule has 26 heavy (non-hydrogen) atoms. The molecule has 0 aliphatic carbocycles. The molecule has 4 rings (SSSR count). The first kappa shape index (κ1) is 16.8. The largest absolute Gasteiger partial charge is 0.508 e. The number of benzene rings is 2. The third kappa shape index (κ3) is 3.48. The number of likely N-dealkylation sites (tertiary alicyclic amines) is 1. The van der Waals surface area contributed by atoms with Gasteiger partial charge in [-0.3, -0.25) is 4.79 Å². The number of aromatic nitrogens is 1. The zero-order valence-corrected chi connectivity index (χ0v) is 15.2. The van der Waals surface area contributed by atoms with Gasteiger partial charge < -0.3 is 10.0 Å². The lowest BCUT2D eigenvalue weighted by Crippen LogP contribution is -2.30. The van der Waals surface area contributed by atoms with Gasteiger partial charge in [0, 0.05) is 18.3 Å². The summed E-state index contributed by atoms with van der Waals surface area (Å²) in [4.78, 5) is 19.5. The number of aromatic hydroxyl groups is 1. The lowest BCUT2D eigenvalue weighted by Gasteiger charge is -2.24. The van der Waals surface area contributed by atoms with Crippen molar-refractivity contribution < 1.29 is 9.90 Å². The lowest BCUT2D eigenvalue weighted by molar-refractivity contribution is 0.0730. The van der Waals surface area contributed by atoms with Crippen LogP contribution in [0.25, 0.3) is 0 Å². The maximum atomic E-state index is 13.0. The van der Waals surface area contributed by atoms with Gasteiger partial charge in [0.05, 0.1) is 11.0 Å². The molecule has 1 N–H and O–H groups in total. The van der Waals surface area contributed by atoms with E-state index in [0.717, 1.165) is 36.4 Å². The Hall–Kier alpha value is -2.66. The number of thiazole rings is 1. The Morgan fingerprint density at radius 3 is 2.69 bits per heavy atom. The summed E-state index contributed by atoms with van der Waals surface area (Å²) in [7, 11) is 0. The molecule has 1 saturated heterocycles. The number of carbonyl (C=O) groups is 1. The minimum Gasteiger partial charge on any atom is -0.508 e. The summed E-state index contributed by atoms with van der Waals surface area (Å²) >= 11 is 1.54. The Bertz CT molecular complexity index is 890. The summed E-state index contributed by atoms with van der Waals surface area (Å²) in [5.74, 6) is 0.241. The summed E-state index contributed by atoms with van der Waals surface area (Å²) in [6.07, 6.45) is 2.68. The highest BCUT2D eigenvalue weighted by molar-refractivity contribution is 7.09. The number of phenolic OH excluding ortho intramolecular Hbond substituents is 1. The number of nitrogens with zero attached hydrogens (tertiary/aromatic N) is 2. The van der Waals surface area contributed by atoms with Crippen LogP contribution < -0.4 is 0 Å². The molecule has 3 aromatic rings.